The third-order valence-corrected chi connectivity index (χ3v) is 2.00. The predicted octanol–water partition coefficient (Wildman–Crippen LogP) is 8.13. The highest BCUT2D eigenvalue weighted by atomic mass is 32.2. The summed E-state index contributed by atoms with van der Waals surface area (Å²) >= 11 is 0. The van der Waals surface area contributed by atoms with Crippen LogP contribution in [0.15, 0.2) is 109 Å². The van der Waals surface area contributed by atoms with E-state index in [1.165, 1.54) is 0 Å². The fourth-order valence-corrected chi connectivity index (χ4v) is 1.15. The fraction of sp³-hybridized carbons (Fsp3) is 0.357. The Morgan fingerprint density at radius 3 is 0.344 bits per heavy atom. The molecule has 0 aliphatic rings. The van der Waals surface area contributed by atoms with Gasteiger partial charge in [-0.25, -0.2) is 0 Å². The molecule has 0 unspecified atom stereocenters. The zero-order valence-electron chi connectivity index (χ0n) is 22.0. The summed E-state index contributed by atoms with van der Waals surface area (Å²) < 4.78 is 19.1. The molecule has 0 heterocycles. The van der Waals surface area contributed by atoms with Crippen LogP contribution in [-0.4, -0.2) is 33.4 Å². The summed E-state index contributed by atoms with van der Waals surface area (Å²) in [6.07, 6.45) is 6.56. The van der Waals surface area contributed by atoms with Crippen LogP contribution >= 0.6 is 0 Å². The van der Waals surface area contributed by atoms with E-state index in [4.69, 9.17) is 0 Å². The number of hydrogen-bond acceptors (Lipinski definition) is 2. The Labute approximate surface area is 205 Å². The van der Waals surface area contributed by atoms with Crippen LogP contribution in [0.25, 0.3) is 0 Å². The topological polar surface area (TPSA) is 34.1 Å². The summed E-state index contributed by atoms with van der Waals surface area (Å²) in [7, 11) is -1.22. The molecule has 0 fully saturated rings. The molecule has 184 valence electrons. The van der Waals surface area contributed by atoms with Gasteiger partial charge in [-0.2, -0.15) is 0 Å². The minimum absolute atomic E-state index is 0.611. The number of rotatable bonds is 0. The highest BCUT2D eigenvalue weighted by Gasteiger charge is 1.59. The molecule has 0 spiro atoms. The molecule has 0 bridgehead atoms. The van der Waals surface area contributed by atoms with Crippen LogP contribution in [0.3, 0.4) is 0 Å². The molecule has 0 saturated carbocycles. The fourth-order valence-electron chi connectivity index (χ4n) is 1.15. The molecule has 3 aromatic rings. The zero-order chi connectivity index (χ0) is 25.9. The van der Waals surface area contributed by atoms with E-state index in [2.05, 4.69) is 0 Å². The molecular weight excluding hydrogens is 432 g/mol. The molecular formula is C28H48O2S2. The van der Waals surface area contributed by atoms with Gasteiger partial charge in [0.25, 0.3) is 0 Å². The van der Waals surface area contributed by atoms with Crippen molar-refractivity contribution in [2.75, 3.05) is 25.0 Å². The van der Waals surface area contributed by atoms with Crippen molar-refractivity contribution in [3.8, 4) is 0 Å². The van der Waals surface area contributed by atoms with E-state index in [0.29, 0.717) is 0 Å². The van der Waals surface area contributed by atoms with Crippen LogP contribution in [0, 0.1) is 0 Å². The molecule has 0 aliphatic heterocycles. The second-order valence-corrected chi connectivity index (χ2v) is 7.91. The van der Waals surface area contributed by atoms with Gasteiger partial charge in [-0.05, 0) is 0 Å². The number of hydrogen-bond donors (Lipinski definition) is 0. The van der Waals surface area contributed by atoms with Gasteiger partial charge in [0.2, 0.25) is 0 Å². The highest BCUT2D eigenvalue weighted by molar-refractivity contribution is 7.83. The van der Waals surface area contributed by atoms with Crippen molar-refractivity contribution in [2.45, 2.75) is 41.5 Å². The Bertz CT molecular complexity index is 456. The van der Waals surface area contributed by atoms with Crippen LogP contribution < -0.4 is 0 Å². The lowest BCUT2D eigenvalue weighted by Crippen LogP contribution is -1.70. The second kappa shape index (κ2) is 46.9. The van der Waals surface area contributed by atoms with Gasteiger partial charge in [-0.15, -0.1) is 0 Å². The second-order valence-electron chi connectivity index (χ2n) is 4.95. The van der Waals surface area contributed by atoms with E-state index >= 15 is 0 Å². The average Bonchev–Trinajstić information content (AvgIpc) is 2.86. The van der Waals surface area contributed by atoms with Crippen molar-refractivity contribution in [3.63, 3.8) is 0 Å². The largest absolute Gasteiger partial charge is 0.260 e. The molecule has 0 amide bonds. The summed E-state index contributed by atoms with van der Waals surface area (Å²) in [5.74, 6) is 0. The van der Waals surface area contributed by atoms with Gasteiger partial charge in [0, 0.05) is 46.6 Å². The van der Waals surface area contributed by atoms with Crippen LogP contribution in [0.5, 0.6) is 0 Å². The third-order valence-electron chi connectivity index (χ3n) is 2.00. The molecule has 4 heteroatoms. The maximum Gasteiger partial charge on any atom is 0.0148 e. The molecule has 0 aromatic heterocycles. The Hall–Kier alpha value is -2.04. The van der Waals surface area contributed by atoms with Gasteiger partial charge in [-0.1, -0.05) is 151 Å². The lowest BCUT2D eigenvalue weighted by Gasteiger charge is -1.69. The Morgan fingerprint density at radius 2 is 0.312 bits per heavy atom. The van der Waals surface area contributed by atoms with E-state index < -0.39 is 21.6 Å². The van der Waals surface area contributed by atoms with Gasteiger partial charge in [0.15, 0.2) is 0 Å². The smallest absolute Gasteiger partial charge is 0.0148 e. The van der Waals surface area contributed by atoms with Crippen LogP contribution in [-0.2, 0) is 21.6 Å². The van der Waals surface area contributed by atoms with Crippen LogP contribution in [0.1, 0.15) is 41.5 Å². The van der Waals surface area contributed by atoms with Crippen molar-refractivity contribution < 1.29 is 8.42 Å². The molecule has 0 saturated heterocycles. The number of benzene rings is 3. The van der Waals surface area contributed by atoms with Gasteiger partial charge in [0.05, 0.1) is 0 Å². The minimum atomic E-state index is -0.611. The summed E-state index contributed by atoms with van der Waals surface area (Å²) in [5, 5.41) is 0. The average molecular weight is 481 g/mol. The van der Waals surface area contributed by atoms with E-state index in [1.807, 2.05) is 151 Å². The molecule has 3 rings (SSSR count). The molecule has 0 radical (unpaired) electrons. The van der Waals surface area contributed by atoms with Crippen molar-refractivity contribution in [3.05, 3.63) is 109 Å². The first-order chi connectivity index (χ1) is 15.5. The molecule has 2 nitrogen and oxygen atoms in total. The van der Waals surface area contributed by atoms with Crippen molar-refractivity contribution in [2.24, 2.45) is 0 Å². The molecule has 0 aliphatic carbocycles. The van der Waals surface area contributed by atoms with Crippen molar-refractivity contribution in [1.82, 2.24) is 0 Å². The van der Waals surface area contributed by atoms with E-state index in [1.54, 1.807) is 25.0 Å². The first-order valence-corrected chi connectivity index (χ1v) is 14.9. The normalized spacial score (nSPS) is 7.25. The summed E-state index contributed by atoms with van der Waals surface area (Å²) in [5.41, 5.74) is 0. The lowest BCUT2D eigenvalue weighted by atomic mass is 10.4. The monoisotopic (exact) mass is 480 g/mol. The first-order valence-electron chi connectivity index (χ1n) is 11.0. The Kier molecular flexibility index (Phi) is 59.2. The van der Waals surface area contributed by atoms with E-state index in [-0.39, 0.29) is 0 Å². The summed E-state index contributed by atoms with van der Waals surface area (Å²) in [6, 6.07) is 36.0. The van der Waals surface area contributed by atoms with Crippen LogP contribution in [0.4, 0.5) is 0 Å². The quantitative estimate of drug-likeness (QED) is 0.325. The van der Waals surface area contributed by atoms with E-state index in [9.17, 15) is 8.42 Å². The van der Waals surface area contributed by atoms with Gasteiger partial charge >= 0.3 is 0 Å². The Balaban J connectivity index is -0.0000000906. The third kappa shape index (κ3) is 79.8. The standard InChI is InChI=1S/3C6H6.2C2H6OS.3C2H6/c3*1-2-4-6-5-3-1;2*1-4(2)3;3*1-2/h3*1-6H;2*1-2H3;3*1-2H3. The zero-order valence-corrected chi connectivity index (χ0v) is 23.7. The minimum Gasteiger partial charge on any atom is -0.260 e. The SMILES string of the molecule is CC.CC.CC.CS(C)=O.CS(C)=O.c1ccccc1.c1ccccc1.c1ccccc1. The highest BCUT2D eigenvalue weighted by Crippen LogP contribution is 1.81. The maximum absolute atomic E-state index is 9.56. The van der Waals surface area contributed by atoms with Gasteiger partial charge in [0.1, 0.15) is 0 Å². The molecule has 3 aromatic carbocycles. The van der Waals surface area contributed by atoms with Crippen LogP contribution in [0.2, 0.25) is 0 Å². The lowest BCUT2D eigenvalue weighted by molar-refractivity contribution is 0.689. The van der Waals surface area contributed by atoms with Gasteiger partial charge in [-0.3, -0.25) is 8.42 Å². The van der Waals surface area contributed by atoms with E-state index in [0.717, 1.165) is 0 Å². The maximum atomic E-state index is 9.56. The van der Waals surface area contributed by atoms with Crippen molar-refractivity contribution >= 4 is 21.6 Å². The summed E-state index contributed by atoms with van der Waals surface area (Å²) in [6.45, 7) is 12.0. The van der Waals surface area contributed by atoms with Gasteiger partial charge < -0.3 is 0 Å². The molecule has 0 atom stereocenters. The summed E-state index contributed by atoms with van der Waals surface area (Å²) in [4.78, 5) is 0. The Morgan fingerprint density at radius 1 is 0.281 bits per heavy atom. The first kappa shape index (κ1) is 40.3. The molecule has 32 heavy (non-hydrogen) atoms. The van der Waals surface area contributed by atoms with Crippen molar-refractivity contribution in [1.29, 1.82) is 0 Å². The predicted molar refractivity (Wildman–Crippen MR) is 153 cm³/mol. The molecule has 0 N–H and O–H groups in total.